The van der Waals surface area contributed by atoms with E-state index in [9.17, 15) is 20.4 Å². The SMILES string of the molecule is [C-]#[N+]c1c(-c2ccc(C)cc2)nc2c(c(C)nn2-c2ccccc2)c1-c1ccccc1O.[C-]#[N+]c1c(-c2ccc(CC)cc2)nc2c(c(C)nn2-c2ccccc2)c1-c1ccccc1O.[C-]#[N+]c1c(-c2cccc(C)c2)nc2c(c(C)nn2-c2ccccc2)c1-c1ccccc1O.[C-]#[N+]c1c(-c2ccccc2C)nc2c(c(C)nn2-c2ccccc2)c1-c1ccccc1O. The Morgan fingerprint density at radius 2 is 0.535 bits per heavy atom. The van der Waals surface area contributed by atoms with Gasteiger partial charge in [-0.1, -0.05) is 261 Å². The average Bonchev–Trinajstić information content (AvgIpc) is 1.64. The number of benzene rings is 12. The smallest absolute Gasteiger partial charge is 0.221 e. The number of hydrogen-bond donors (Lipinski definition) is 4. The lowest BCUT2D eigenvalue weighted by atomic mass is 9.95. The van der Waals surface area contributed by atoms with Crippen LogP contribution in [0, 0.1) is 74.8 Å². The molecule has 8 heterocycles. The van der Waals surface area contributed by atoms with Crippen molar-refractivity contribution in [2.45, 2.75) is 61.8 Å². The van der Waals surface area contributed by atoms with Crippen LogP contribution >= 0.6 is 0 Å². The zero-order valence-electron chi connectivity index (χ0n) is 71.7. The van der Waals surface area contributed by atoms with Gasteiger partial charge in [-0.3, -0.25) is 0 Å². The van der Waals surface area contributed by atoms with Gasteiger partial charge < -0.3 is 20.4 Å². The minimum Gasteiger partial charge on any atom is -0.507 e. The summed E-state index contributed by atoms with van der Waals surface area (Å²) in [6, 6.07) is 99.7. The van der Waals surface area contributed by atoms with E-state index < -0.39 is 0 Å². The fraction of sp³-hybridized carbons (Fsp3) is 0.0826. The van der Waals surface area contributed by atoms with Crippen LogP contribution in [0.5, 0.6) is 23.0 Å². The van der Waals surface area contributed by atoms with Crippen molar-refractivity contribution in [3.63, 3.8) is 0 Å². The molecule has 622 valence electrons. The van der Waals surface area contributed by atoms with Crippen molar-refractivity contribution in [1.82, 2.24) is 59.1 Å². The molecule has 0 fully saturated rings. The normalized spacial score (nSPS) is 10.9. The van der Waals surface area contributed by atoms with Crippen molar-refractivity contribution in [3.8, 4) is 135 Å². The monoisotopic (exact) mass is 1680 g/mol. The Hall–Kier alpha value is -17.7. The third-order valence-electron chi connectivity index (χ3n) is 22.7. The fourth-order valence-electron chi connectivity index (χ4n) is 16.5. The molecule has 0 aliphatic rings. The van der Waals surface area contributed by atoms with Gasteiger partial charge in [-0.2, -0.15) is 20.4 Å². The summed E-state index contributed by atoms with van der Waals surface area (Å²) in [4.78, 5) is 35.6. The number of para-hydroxylation sites is 8. The molecule has 12 aromatic carbocycles. The summed E-state index contributed by atoms with van der Waals surface area (Å²) < 4.78 is 7.23. The maximum atomic E-state index is 10.7. The summed E-state index contributed by atoms with van der Waals surface area (Å²) in [7, 11) is 0. The van der Waals surface area contributed by atoms with Crippen LogP contribution in [0.4, 0.5) is 22.7 Å². The van der Waals surface area contributed by atoms with Crippen LogP contribution in [0.15, 0.2) is 315 Å². The molecule has 20 heteroatoms. The number of aromatic nitrogens is 12. The first-order chi connectivity index (χ1) is 62.9. The molecule has 129 heavy (non-hydrogen) atoms. The molecule has 8 aromatic heterocycles. The molecule has 0 aliphatic heterocycles. The van der Waals surface area contributed by atoms with E-state index in [1.54, 1.807) is 57.9 Å². The average molecular weight is 1680 g/mol. The van der Waals surface area contributed by atoms with E-state index >= 15 is 0 Å². The predicted octanol–water partition coefficient (Wildman–Crippen LogP) is 26.8. The van der Waals surface area contributed by atoms with Gasteiger partial charge in [-0.25, -0.2) is 58.0 Å². The van der Waals surface area contributed by atoms with Crippen LogP contribution in [0.2, 0.25) is 0 Å². The van der Waals surface area contributed by atoms with Gasteiger partial charge >= 0.3 is 0 Å². The van der Waals surface area contributed by atoms with Crippen LogP contribution in [-0.4, -0.2) is 79.5 Å². The zero-order valence-corrected chi connectivity index (χ0v) is 71.7. The van der Waals surface area contributed by atoms with Crippen LogP contribution < -0.4 is 0 Å². The lowest BCUT2D eigenvalue weighted by molar-refractivity contribution is 0.477. The Morgan fingerprint density at radius 1 is 0.264 bits per heavy atom. The molecule has 20 nitrogen and oxygen atoms in total. The molecule has 0 aliphatic carbocycles. The Bertz CT molecular complexity index is 7890. The van der Waals surface area contributed by atoms with Crippen LogP contribution in [0.3, 0.4) is 0 Å². The van der Waals surface area contributed by atoms with Gasteiger partial charge in [0.05, 0.1) is 94.6 Å². The van der Waals surface area contributed by atoms with E-state index in [2.05, 4.69) is 38.4 Å². The van der Waals surface area contributed by atoms with E-state index in [-0.39, 0.29) is 23.0 Å². The zero-order chi connectivity index (χ0) is 89.7. The summed E-state index contributed by atoms with van der Waals surface area (Å²) in [5.74, 6) is 0.472. The van der Waals surface area contributed by atoms with E-state index in [4.69, 9.17) is 66.6 Å². The first-order valence-electron chi connectivity index (χ1n) is 41.8. The lowest BCUT2D eigenvalue weighted by Gasteiger charge is -2.15. The molecule has 0 atom stereocenters. The second-order valence-corrected chi connectivity index (χ2v) is 31.0. The Kier molecular flexibility index (Phi) is 23.3. The minimum atomic E-state index is 0.117. The van der Waals surface area contributed by atoms with Crippen molar-refractivity contribution in [2.75, 3.05) is 0 Å². The highest BCUT2D eigenvalue weighted by molar-refractivity contribution is 6.12. The van der Waals surface area contributed by atoms with Crippen molar-refractivity contribution in [3.05, 3.63) is 406 Å². The molecule has 20 rings (SSSR count). The first kappa shape index (κ1) is 83.5. The first-order valence-corrected chi connectivity index (χ1v) is 41.8. The van der Waals surface area contributed by atoms with E-state index in [1.165, 1.54) is 5.56 Å². The van der Waals surface area contributed by atoms with Crippen molar-refractivity contribution >= 4 is 66.9 Å². The molecule has 0 saturated heterocycles. The Morgan fingerprint density at radius 3 is 0.829 bits per heavy atom. The van der Waals surface area contributed by atoms with Crippen molar-refractivity contribution in [2.24, 2.45) is 0 Å². The van der Waals surface area contributed by atoms with Gasteiger partial charge in [0.15, 0.2) is 22.6 Å². The Balaban J connectivity index is 0.000000121. The molecule has 0 radical (unpaired) electrons. The molecular formula is C109H82N16O4. The highest BCUT2D eigenvalue weighted by Crippen LogP contribution is 2.52. The highest BCUT2D eigenvalue weighted by atomic mass is 16.3. The number of pyridine rings is 4. The summed E-state index contributed by atoms with van der Waals surface area (Å²) >= 11 is 0. The molecule has 0 unspecified atom stereocenters. The summed E-state index contributed by atoms with van der Waals surface area (Å²) in [6.07, 6.45) is 0.936. The quantitative estimate of drug-likeness (QED) is 0.0792. The molecule has 0 spiro atoms. The maximum Gasteiger partial charge on any atom is 0.221 e. The van der Waals surface area contributed by atoms with E-state index in [1.807, 2.05) is 313 Å². The molecular weight excluding hydrogens is 1600 g/mol. The third kappa shape index (κ3) is 15.9. The number of nitrogens with zero attached hydrogens (tertiary/aromatic N) is 16. The number of phenols is 4. The summed E-state index contributed by atoms with van der Waals surface area (Å²) in [6.45, 7) is 48.0. The fourth-order valence-corrected chi connectivity index (χ4v) is 16.5. The molecule has 0 bridgehead atoms. The number of aromatic hydroxyl groups is 4. The van der Waals surface area contributed by atoms with Crippen LogP contribution in [0.25, 0.3) is 176 Å². The highest BCUT2D eigenvalue weighted by Gasteiger charge is 2.31. The van der Waals surface area contributed by atoms with Gasteiger partial charge in [0.1, 0.15) is 23.0 Å². The van der Waals surface area contributed by atoms with Gasteiger partial charge in [-0.05, 0) is 161 Å². The topological polar surface area (TPSA) is 221 Å². The lowest BCUT2D eigenvalue weighted by Crippen LogP contribution is -1.99. The molecule has 0 saturated carbocycles. The molecule has 20 aromatic rings. The van der Waals surface area contributed by atoms with Crippen LogP contribution in [-0.2, 0) is 6.42 Å². The van der Waals surface area contributed by atoms with Crippen molar-refractivity contribution < 1.29 is 20.4 Å². The number of aryl methyl sites for hydroxylation is 8. The number of hydrogen-bond acceptors (Lipinski definition) is 12. The number of fused-ring (bicyclic) bond motifs is 4. The van der Waals surface area contributed by atoms with Crippen molar-refractivity contribution in [1.29, 1.82) is 0 Å². The number of phenolic OH excluding ortho intramolecular Hbond substituents is 4. The Labute approximate surface area is 745 Å². The third-order valence-corrected chi connectivity index (χ3v) is 22.7. The second-order valence-electron chi connectivity index (χ2n) is 31.0. The van der Waals surface area contributed by atoms with Gasteiger partial charge in [-0.15, -0.1) is 0 Å². The second kappa shape index (κ2) is 36.0. The van der Waals surface area contributed by atoms with Gasteiger partial charge in [0.2, 0.25) is 22.7 Å². The van der Waals surface area contributed by atoms with Gasteiger partial charge in [0, 0.05) is 66.1 Å². The van der Waals surface area contributed by atoms with Gasteiger partial charge in [0.25, 0.3) is 0 Å². The minimum absolute atomic E-state index is 0.117. The maximum absolute atomic E-state index is 10.7. The molecule has 0 amide bonds. The van der Waals surface area contributed by atoms with Crippen LogP contribution in [0.1, 0.15) is 52.0 Å². The molecule has 4 N–H and O–H groups in total. The van der Waals surface area contributed by atoms with E-state index in [0.717, 1.165) is 112 Å². The number of rotatable bonds is 13. The summed E-state index contributed by atoms with van der Waals surface area (Å²) in [5.41, 5.74) is 25.9. The summed E-state index contributed by atoms with van der Waals surface area (Å²) in [5, 5.41) is 65.0. The predicted molar refractivity (Wildman–Crippen MR) is 513 cm³/mol. The van der Waals surface area contributed by atoms with E-state index in [0.29, 0.717) is 113 Å². The largest absolute Gasteiger partial charge is 0.507 e. The standard InChI is InChI=1S/C28H22N4O.3C27H20N4O/c1-4-19-14-16-20(17-15-19)26-27(29-3)25(22-12-8-9-13-23(22)33)24-18(2)31-32(28(24)30-26)21-10-6-5-7-11-21;1-17-10-9-11-19(16-17)25-26(28-3)24(21-14-7-8-15-22(21)32)23-18(2)30-31(27(23)29-25)20-12-5-4-6-13-20;1-17-11-7-8-14-20(17)25-26(28-3)24(21-15-9-10-16-22(21)32)23-18(2)30-31(27(23)29-25)19-12-5-4-6-13-19;1-17-13-15-19(16-14-17)25-26(28-3)24(21-11-7-8-12-22(21)32)23-18(2)30-31(27(23)29-25)20-9-5-4-6-10-20/h5-17,33H,4H2,1-2H3;3*4-16,32H,1-2H3.